The van der Waals surface area contributed by atoms with Gasteiger partial charge in [-0.25, -0.2) is 17.7 Å². The minimum absolute atomic E-state index is 0.233. The van der Waals surface area contributed by atoms with E-state index >= 15 is 0 Å². The van der Waals surface area contributed by atoms with Crippen LogP contribution in [0.2, 0.25) is 0 Å². The summed E-state index contributed by atoms with van der Waals surface area (Å²) in [5.41, 5.74) is 0. The van der Waals surface area contributed by atoms with Crippen molar-refractivity contribution < 1.29 is 8.42 Å². The number of hydrogen-bond donors (Lipinski definition) is 1. The number of anilines is 1. The van der Waals surface area contributed by atoms with Gasteiger partial charge in [-0.1, -0.05) is 0 Å². The summed E-state index contributed by atoms with van der Waals surface area (Å²) in [5, 5.41) is 3.29. The van der Waals surface area contributed by atoms with Crippen LogP contribution in [0.3, 0.4) is 0 Å². The smallest absolute Gasteiger partial charge is 0.244 e. The van der Waals surface area contributed by atoms with E-state index in [4.69, 9.17) is 0 Å². The van der Waals surface area contributed by atoms with E-state index in [1.807, 2.05) is 7.05 Å². The van der Waals surface area contributed by atoms with Crippen molar-refractivity contribution in [3.63, 3.8) is 0 Å². The maximum absolute atomic E-state index is 12.0. The summed E-state index contributed by atoms with van der Waals surface area (Å²) in [6.45, 7) is 1.89. The predicted molar refractivity (Wildman–Crippen MR) is 79.4 cm³/mol. The number of nitrogens with one attached hydrogen (secondary N) is 1. The van der Waals surface area contributed by atoms with Gasteiger partial charge in [-0.15, -0.1) is 0 Å². The first-order chi connectivity index (χ1) is 9.45. The molecule has 0 atom stereocenters. The number of piperidine rings is 1. The first kappa shape index (κ1) is 15.2. The van der Waals surface area contributed by atoms with Gasteiger partial charge >= 0.3 is 0 Å². The van der Waals surface area contributed by atoms with E-state index in [9.17, 15) is 8.42 Å². The van der Waals surface area contributed by atoms with Gasteiger partial charge in [0.25, 0.3) is 0 Å². The van der Waals surface area contributed by atoms with Crippen LogP contribution in [0.5, 0.6) is 0 Å². The van der Waals surface area contributed by atoms with Gasteiger partial charge in [0.2, 0.25) is 10.0 Å². The van der Waals surface area contributed by atoms with Gasteiger partial charge < -0.3 is 10.2 Å². The van der Waals surface area contributed by atoms with Gasteiger partial charge in [0, 0.05) is 39.4 Å². The molecule has 0 bridgehead atoms. The van der Waals surface area contributed by atoms with Crippen LogP contribution in [0.1, 0.15) is 12.8 Å². The Morgan fingerprint density at radius 1 is 1.30 bits per heavy atom. The second-order valence-corrected chi connectivity index (χ2v) is 7.34. The summed E-state index contributed by atoms with van der Waals surface area (Å²) in [7, 11) is 1.63. The van der Waals surface area contributed by atoms with Crippen molar-refractivity contribution in [2.75, 3.05) is 39.1 Å². The van der Waals surface area contributed by atoms with Crippen LogP contribution >= 0.6 is 0 Å². The van der Waals surface area contributed by atoms with E-state index in [1.165, 1.54) is 24.6 Å². The van der Waals surface area contributed by atoms with Crippen molar-refractivity contribution in [3.05, 3.63) is 18.3 Å². The first-order valence-corrected chi connectivity index (χ1v) is 8.20. The summed E-state index contributed by atoms with van der Waals surface area (Å²) < 4.78 is 25.1. The fourth-order valence-electron chi connectivity index (χ4n) is 2.32. The van der Waals surface area contributed by atoms with Crippen molar-refractivity contribution in [1.29, 1.82) is 0 Å². The van der Waals surface area contributed by atoms with Gasteiger partial charge in [0.05, 0.1) is 0 Å². The molecule has 0 aliphatic carbocycles. The van der Waals surface area contributed by atoms with Crippen LogP contribution in [0, 0.1) is 0 Å². The SMILES string of the molecule is CNC1CCN(c2ccc(S(=O)(=O)N(C)C)cn2)CC1. The normalized spacial score (nSPS) is 17.7. The highest BCUT2D eigenvalue weighted by Gasteiger charge is 2.21. The molecular weight excluding hydrogens is 276 g/mol. The Labute approximate surface area is 120 Å². The Balaban J connectivity index is 2.10. The van der Waals surface area contributed by atoms with E-state index in [0.29, 0.717) is 6.04 Å². The lowest BCUT2D eigenvalue weighted by atomic mass is 10.1. The van der Waals surface area contributed by atoms with E-state index in [1.54, 1.807) is 12.1 Å². The highest BCUT2D eigenvalue weighted by atomic mass is 32.2. The molecule has 1 fully saturated rings. The maximum atomic E-state index is 12.0. The third-order valence-corrected chi connectivity index (χ3v) is 5.53. The quantitative estimate of drug-likeness (QED) is 0.878. The summed E-state index contributed by atoms with van der Waals surface area (Å²) in [6.07, 6.45) is 3.60. The molecule has 0 amide bonds. The zero-order chi connectivity index (χ0) is 14.8. The van der Waals surface area contributed by atoms with E-state index in [2.05, 4.69) is 15.2 Å². The van der Waals surface area contributed by atoms with Crippen molar-refractivity contribution in [2.24, 2.45) is 0 Å². The molecule has 0 saturated carbocycles. The fourth-order valence-corrected chi connectivity index (χ4v) is 3.17. The Bertz CT molecular complexity index is 534. The Morgan fingerprint density at radius 2 is 1.95 bits per heavy atom. The molecule has 0 unspecified atom stereocenters. The van der Waals surface area contributed by atoms with E-state index in [-0.39, 0.29) is 4.90 Å². The first-order valence-electron chi connectivity index (χ1n) is 6.76. The number of rotatable bonds is 4. The van der Waals surface area contributed by atoms with E-state index < -0.39 is 10.0 Å². The fraction of sp³-hybridized carbons (Fsp3) is 0.615. The molecule has 1 aromatic rings. The largest absolute Gasteiger partial charge is 0.357 e. The van der Waals surface area contributed by atoms with Crippen LogP contribution < -0.4 is 10.2 Å². The zero-order valence-corrected chi connectivity index (χ0v) is 13.0. The second kappa shape index (κ2) is 6.07. The van der Waals surface area contributed by atoms with Crippen LogP contribution in [-0.4, -0.2) is 58.0 Å². The minimum atomic E-state index is -3.39. The summed E-state index contributed by atoms with van der Waals surface area (Å²) in [4.78, 5) is 6.73. The molecule has 2 heterocycles. The van der Waals surface area contributed by atoms with Crippen LogP contribution in [0.15, 0.2) is 23.2 Å². The minimum Gasteiger partial charge on any atom is -0.357 e. The molecule has 7 heteroatoms. The Hall–Kier alpha value is -1.18. The molecule has 2 rings (SSSR count). The molecule has 0 spiro atoms. The Morgan fingerprint density at radius 3 is 2.40 bits per heavy atom. The lowest BCUT2D eigenvalue weighted by molar-refractivity contribution is 0.440. The highest BCUT2D eigenvalue weighted by molar-refractivity contribution is 7.89. The zero-order valence-electron chi connectivity index (χ0n) is 12.2. The second-order valence-electron chi connectivity index (χ2n) is 5.19. The van der Waals surface area contributed by atoms with Crippen molar-refractivity contribution in [1.82, 2.24) is 14.6 Å². The molecule has 1 aromatic heterocycles. The van der Waals surface area contributed by atoms with Crippen LogP contribution in [-0.2, 0) is 10.0 Å². The number of aromatic nitrogens is 1. The molecule has 1 aliphatic heterocycles. The van der Waals surface area contributed by atoms with Crippen molar-refractivity contribution in [2.45, 2.75) is 23.8 Å². The molecule has 20 heavy (non-hydrogen) atoms. The van der Waals surface area contributed by atoms with Gasteiger partial charge in [0.1, 0.15) is 10.7 Å². The van der Waals surface area contributed by atoms with Gasteiger partial charge in [-0.3, -0.25) is 0 Å². The standard InChI is InChI=1S/C13H22N4O2S/c1-14-11-6-8-17(9-7-11)13-5-4-12(10-15-13)20(18,19)16(2)3/h4-5,10-11,14H,6-9H2,1-3H3. The summed E-state index contributed by atoms with van der Waals surface area (Å²) >= 11 is 0. The number of sulfonamides is 1. The van der Waals surface area contributed by atoms with Crippen molar-refractivity contribution >= 4 is 15.8 Å². The summed E-state index contributed by atoms with van der Waals surface area (Å²) in [5.74, 6) is 0.845. The third-order valence-electron chi connectivity index (χ3n) is 3.73. The molecule has 1 saturated heterocycles. The monoisotopic (exact) mass is 298 g/mol. The molecule has 0 radical (unpaired) electrons. The lowest BCUT2D eigenvalue weighted by Gasteiger charge is -2.32. The van der Waals surface area contributed by atoms with Gasteiger partial charge in [-0.2, -0.15) is 0 Å². The maximum Gasteiger partial charge on any atom is 0.244 e. The average Bonchev–Trinajstić information content (AvgIpc) is 2.47. The third kappa shape index (κ3) is 3.11. The molecule has 112 valence electrons. The highest BCUT2D eigenvalue weighted by Crippen LogP contribution is 2.20. The average molecular weight is 298 g/mol. The molecule has 6 nitrogen and oxygen atoms in total. The summed E-state index contributed by atoms with van der Waals surface area (Å²) in [6, 6.07) is 3.98. The lowest BCUT2D eigenvalue weighted by Crippen LogP contribution is -2.41. The van der Waals surface area contributed by atoms with Gasteiger partial charge in [0.15, 0.2) is 0 Å². The number of pyridine rings is 1. The molecular formula is C13H22N4O2S. The Kier molecular flexibility index (Phi) is 4.62. The molecule has 1 aliphatic rings. The number of nitrogens with zero attached hydrogens (tertiary/aromatic N) is 3. The predicted octanol–water partition coefficient (Wildman–Crippen LogP) is 0.520. The van der Waals surface area contributed by atoms with Gasteiger partial charge in [-0.05, 0) is 32.0 Å². The molecule has 0 aromatic carbocycles. The number of hydrogen-bond acceptors (Lipinski definition) is 5. The molecule has 1 N–H and O–H groups in total. The van der Waals surface area contributed by atoms with Crippen LogP contribution in [0.25, 0.3) is 0 Å². The van der Waals surface area contributed by atoms with Crippen LogP contribution in [0.4, 0.5) is 5.82 Å². The van der Waals surface area contributed by atoms with E-state index in [0.717, 1.165) is 31.7 Å². The van der Waals surface area contributed by atoms with Crippen molar-refractivity contribution in [3.8, 4) is 0 Å². The topological polar surface area (TPSA) is 65.5 Å².